The molecule has 0 aliphatic heterocycles. The molecule has 1 aromatic carbocycles. The van der Waals surface area contributed by atoms with E-state index in [0.717, 1.165) is 11.1 Å². The molecule has 0 unspecified atom stereocenters. The zero-order valence-electron chi connectivity index (χ0n) is 9.53. The van der Waals surface area contributed by atoms with E-state index in [0.29, 0.717) is 10.8 Å². The first-order valence-corrected chi connectivity index (χ1v) is 5.23. The van der Waals surface area contributed by atoms with E-state index in [1.165, 1.54) is 0 Å². The summed E-state index contributed by atoms with van der Waals surface area (Å²) in [6.45, 7) is 7.27. The molecular weight excluding hydrogens is 215 g/mol. The third-order valence-corrected chi connectivity index (χ3v) is 2.59. The van der Waals surface area contributed by atoms with Gasteiger partial charge in [0.1, 0.15) is 5.75 Å². The molecule has 0 N–H and O–H groups in total. The lowest BCUT2D eigenvalue weighted by Crippen LogP contribution is -2.12. The molecule has 0 heterocycles. The number of ether oxygens (including phenoxy) is 1. The minimum atomic E-state index is -0.854. The smallest absolute Gasteiger partial charge is 0.228 e. The normalized spacial score (nSPS) is 11.6. The van der Waals surface area contributed by atoms with Gasteiger partial charge < -0.3 is 4.74 Å². The van der Waals surface area contributed by atoms with Crippen molar-refractivity contribution in [1.29, 1.82) is 0 Å². The van der Waals surface area contributed by atoms with Crippen molar-refractivity contribution in [2.24, 2.45) is 0 Å². The van der Waals surface area contributed by atoms with Crippen LogP contribution in [0.1, 0.15) is 31.9 Å². The Morgan fingerprint density at radius 2 is 1.93 bits per heavy atom. The highest BCUT2D eigenvalue weighted by Crippen LogP contribution is 2.37. The van der Waals surface area contributed by atoms with Crippen LogP contribution in [-0.4, -0.2) is 6.86 Å². The molecule has 0 amide bonds. The molecule has 1 nitrogen and oxygen atoms in total. The molecule has 3 heteroatoms. The van der Waals surface area contributed by atoms with Crippen LogP contribution in [0.2, 0.25) is 5.02 Å². The molecule has 15 heavy (non-hydrogen) atoms. The van der Waals surface area contributed by atoms with E-state index in [2.05, 4.69) is 20.8 Å². The van der Waals surface area contributed by atoms with Crippen molar-refractivity contribution in [3.63, 3.8) is 0 Å². The Labute approximate surface area is 95.2 Å². The average Bonchev–Trinajstić information content (AvgIpc) is 2.09. The van der Waals surface area contributed by atoms with Crippen molar-refractivity contribution < 1.29 is 9.13 Å². The fourth-order valence-electron chi connectivity index (χ4n) is 1.45. The summed E-state index contributed by atoms with van der Waals surface area (Å²) in [5, 5.41) is 0.505. The first-order chi connectivity index (χ1) is 6.86. The SMILES string of the molecule is Cc1cc(OCF)c(Cl)c(C(C)(C)C)c1. The number of alkyl halides is 1. The molecule has 0 spiro atoms. The topological polar surface area (TPSA) is 9.23 Å². The molecule has 1 rings (SSSR count). The van der Waals surface area contributed by atoms with Crippen LogP contribution in [0, 0.1) is 6.92 Å². The van der Waals surface area contributed by atoms with E-state index >= 15 is 0 Å². The summed E-state index contributed by atoms with van der Waals surface area (Å²) in [6.07, 6.45) is 0. The second-order valence-corrected chi connectivity index (χ2v) is 5.01. The van der Waals surface area contributed by atoms with Gasteiger partial charge in [0.05, 0.1) is 5.02 Å². The summed E-state index contributed by atoms with van der Waals surface area (Å²) in [4.78, 5) is 0. The van der Waals surface area contributed by atoms with Crippen molar-refractivity contribution in [2.45, 2.75) is 33.1 Å². The van der Waals surface area contributed by atoms with Gasteiger partial charge in [-0.2, -0.15) is 0 Å². The van der Waals surface area contributed by atoms with Gasteiger partial charge in [0, 0.05) is 0 Å². The highest BCUT2D eigenvalue weighted by molar-refractivity contribution is 6.33. The Bertz CT molecular complexity index is 355. The molecule has 0 aliphatic rings. The van der Waals surface area contributed by atoms with E-state index in [1.54, 1.807) is 6.07 Å². The van der Waals surface area contributed by atoms with Gasteiger partial charge >= 0.3 is 0 Å². The van der Waals surface area contributed by atoms with Gasteiger partial charge in [-0.15, -0.1) is 0 Å². The maximum atomic E-state index is 12.1. The monoisotopic (exact) mass is 230 g/mol. The molecule has 0 atom stereocenters. The van der Waals surface area contributed by atoms with Crippen LogP contribution in [0.3, 0.4) is 0 Å². The summed E-state index contributed by atoms with van der Waals surface area (Å²) >= 11 is 6.15. The van der Waals surface area contributed by atoms with E-state index in [9.17, 15) is 4.39 Å². The predicted molar refractivity (Wildman–Crippen MR) is 61.5 cm³/mol. The van der Waals surface area contributed by atoms with E-state index in [-0.39, 0.29) is 5.41 Å². The van der Waals surface area contributed by atoms with Crippen molar-refractivity contribution >= 4 is 11.6 Å². The predicted octanol–water partition coefficient (Wildman–Crippen LogP) is 4.25. The van der Waals surface area contributed by atoms with Crippen LogP contribution in [0.25, 0.3) is 0 Å². The number of hydrogen-bond acceptors (Lipinski definition) is 1. The Morgan fingerprint density at radius 1 is 1.33 bits per heavy atom. The molecular formula is C12H16ClFO. The van der Waals surface area contributed by atoms with Crippen LogP contribution in [0.15, 0.2) is 12.1 Å². The highest BCUT2D eigenvalue weighted by Gasteiger charge is 2.20. The maximum Gasteiger partial charge on any atom is 0.228 e. The molecule has 0 aliphatic carbocycles. The minimum Gasteiger partial charge on any atom is -0.461 e. The quantitative estimate of drug-likeness (QED) is 0.738. The van der Waals surface area contributed by atoms with Gasteiger partial charge in [-0.3, -0.25) is 0 Å². The van der Waals surface area contributed by atoms with Crippen LogP contribution in [0.4, 0.5) is 4.39 Å². The van der Waals surface area contributed by atoms with E-state index < -0.39 is 6.86 Å². The number of hydrogen-bond donors (Lipinski definition) is 0. The first-order valence-electron chi connectivity index (χ1n) is 4.85. The Morgan fingerprint density at radius 3 is 2.40 bits per heavy atom. The Kier molecular flexibility index (Phi) is 3.61. The fraction of sp³-hybridized carbons (Fsp3) is 0.500. The van der Waals surface area contributed by atoms with Crippen LogP contribution in [-0.2, 0) is 5.41 Å². The number of halogens is 2. The molecule has 84 valence electrons. The maximum absolute atomic E-state index is 12.1. The molecule has 0 aromatic heterocycles. The largest absolute Gasteiger partial charge is 0.461 e. The van der Waals surface area contributed by atoms with Gasteiger partial charge in [-0.05, 0) is 29.5 Å². The minimum absolute atomic E-state index is 0.0719. The molecule has 0 bridgehead atoms. The van der Waals surface area contributed by atoms with Crippen LogP contribution >= 0.6 is 11.6 Å². The third-order valence-electron chi connectivity index (χ3n) is 2.20. The van der Waals surface area contributed by atoms with E-state index in [4.69, 9.17) is 16.3 Å². The number of aryl methyl sites for hydroxylation is 1. The second-order valence-electron chi connectivity index (χ2n) is 4.63. The first kappa shape index (κ1) is 12.3. The third kappa shape index (κ3) is 2.85. The molecule has 0 fully saturated rings. The van der Waals surface area contributed by atoms with Crippen molar-refractivity contribution in [3.05, 3.63) is 28.3 Å². The van der Waals surface area contributed by atoms with Gasteiger partial charge in [-0.25, -0.2) is 4.39 Å². The summed E-state index contributed by atoms with van der Waals surface area (Å²) in [5.41, 5.74) is 1.93. The number of rotatable bonds is 2. The standard InChI is InChI=1S/C12H16ClFO/c1-8-5-9(12(2,3)4)11(13)10(6-8)15-7-14/h5-6H,7H2,1-4H3. The highest BCUT2D eigenvalue weighted by atomic mass is 35.5. The molecule has 1 aromatic rings. The lowest BCUT2D eigenvalue weighted by Gasteiger charge is -2.22. The zero-order valence-corrected chi connectivity index (χ0v) is 10.3. The number of benzene rings is 1. The lowest BCUT2D eigenvalue weighted by atomic mass is 9.86. The summed E-state index contributed by atoms with van der Waals surface area (Å²) < 4.78 is 17.0. The second kappa shape index (κ2) is 4.40. The van der Waals surface area contributed by atoms with Gasteiger partial charge in [0.2, 0.25) is 6.86 Å². The average molecular weight is 231 g/mol. The lowest BCUT2D eigenvalue weighted by molar-refractivity contribution is 0.191. The van der Waals surface area contributed by atoms with Gasteiger partial charge in [0.25, 0.3) is 0 Å². The molecule has 0 saturated carbocycles. The van der Waals surface area contributed by atoms with E-state index in [1.807, 2.05) is 13.0 Å². The summed E-state index contributed by atoms with van der Waals surface area (Å²) in [5.74, 6) is 0.420. The molecule has 0 radical (unpaired) electrons. The van der Waals surface area contributed by atoms with Crippen LogP contribution < -0.4 is 4.74 Å². The van der Waals surface area contributed by atoms with Crippen molar-refractivity contribution in [2.75, 3.05) is 6.86 Å². The van der Waals surface area contributed by atoms with Gasteiger partial charge in [0.15, 0.2) is 0 Å². The zero-order chi connectivity index (χ0) is 11.6. The summed E-state index contributed by atoms with van der Waals surface area (Å²) in [6, 6.07) is 3.75. The molecule has 0 saturated heterocycles. The Balaban J connectivity index is 3.28. The Hall–Kier alpha value is -0.760. The fourth-order valence-corrected chi connectivity index (χ4v) is 1.89. The van der Waals surface area contributed by atoms with Crippen molar-refractivity contribution in [3.8, 4) is 5.75 Å². The van der Waals surface area contributed by atoms with Gasteiger partial charge in [-0.1, -0.05) is 38.4 Å². The summed E-state index contributed by atoms with van der Waals surface area (Å²) in [7, 11) is 0. The van der Waals surface area contributed by atoms with Crippen molar-refractivity contribution in [1.82, 2.24) is 0 Å². The van der Waals surface area contributed by atoms with Crippen LogP contribution in [0.5, 0.6) is 5.75 Å².